The molecule has 0 rings (SSSR count). The lowest BCUT2D eigenvalue weighted by Gasteiger charge is -2.03. The first-order valence-corrected chi connectivity index (χ1v) is 3.29. The van der Waals surface area contributed by atoms with Gasteiger partial charge in [-0.2, -0.15) is 0 Å². The lowest BCUT2D eigenvalue weighted by Crippen LogP contribution is -2.15. The van der Waals surface area contributed by atoms with Gasteiger partial charge in [-0.15, -0.1) is 0 Å². The van der Waals surface area contributed by atoms with Crippen LogP contribution in [0.15, 0.2) is 16.9 Å². The van der Waals surface area contributed by atoms with Gasteiger partial charge in [0.05, 0.1) is 5.70 Å². The second-order valence-corrected chi connectivity index (χ2v) is 2.26. The normalized spacial score (nSPS) is 14.5. The smallest absolute Gasteiger partial charge is 0.0567 e. The lowest BCUT2D eigenvalue weighted by atomic mass is 10.2. The Hall–Kier alpha value is -0.830. The Morgan fingerprint density at radius 2 is 2.50 bits per heavy atom. The number of aliphatic imine (C=N–C) groups is 1. The zero-order valence-corrected chi connectivity index (χ0v) is 6.59. The maximum absolute atomic E-state index is 5.54. The van der Waals surface area contributed by atoms with E-state index in [1.165, 1.54) is 0 Å². The summed E-state index contributed by atoms with van der Waals surface area (Å²) in [5.74, 6) is 0. The van der Waals surface area contributed by atoms with Crippen molar-refractivity contribution >= 4 is 6.72 Å². The van der Waals surface area contributed by atoms with E-state index in [4.69, 9.17) is 5.73 Å². The van der Waals surface area contributed by atoms with Gasteiger partial charge < -0.3 is 11.1 Å². The van der Waals surface area contributed by atoms with Gasteiger partial charge in [0.25, 0.3) is 0 Å². The van der Waals surface area contributed by atoms with Gasteiger partial charge in [-0.1, -0.05) is 0 Å². The van der Waals surface area contributed by atoms with Crippen LogP contribution in [0.3, 0.4) is 0 Å². The number of nitrogens with zero attached hydrogens (tertiary/aromatic N) is 1. The first kappa shape index (κ1) is 9.17. The molecule has 0 aliphatic rings. The van der Waals surface area contributed by atoms with E-state index in [1.54, 1.807) is 6.20 Å². The van der Waals surface area contributed by atoms with Gasteiger partial charge in [0.15, 0.2) is 0 Å². The topological polar surface area (TPSA) is 50.4 Å². The van der Waals surface area contributed by atoms with Crippen LogP contribution in [0.2, 0.25) is 0 Å². The minimum atomic E-state index is 0.144. The summed E-state index contributed by atoms with van der Waals surface area (Å²) in [5, 5.41) is 2.87. The molecule has 0 saturated heterocycles. The van der Waals surface area contributed by atoms with Gasteiger partial charge in [0.1, 0.15) is 0 Å². The van der Waals surface area contributed by atoms with Crippen molar-refractivity contribution < 1.29 is 0 Å². The van der Waals surface area contributed by atoms with Crippen LogP contribution in [0.1, 0.15) is 13.3 Å². The fraction of sp³-hybridized carbons (Fsp3) is 0.571. The number of hydrogen-bond acceptors (Lipinski definition) is 3. The molecule has 1 unspecified atom stereocenters. The average Bonchev–Trinajstić information content (AvgIpc) is 1.86. The molecule has 3 nitrogen and oxygen atoms in total. The molecule has 0 amide bonds. The maximum atomic E-state index is 5.54. The Balaban J connectivity index is 3.83. The van der Waals surface area contributed by atoms with Crippen molar-refractivity contribution in [2.75, 3.05) is 7.05 Å². The van der Waals surface area contributed by atoms with Gasteiger partial charge in [-0.25, -0.2) is 0 Å². The molecule has 10 heavy (non-hydrogen) atoms. The molecule has 0 aliphatic carbocycles. The Kier molecular flexibility index (Phi) is 4.58. The quantitative estimate of drug-likeness (QED) is 0.560. The van der Waals surface area contributed by atoms with E-state index in [1.807, 2.05) is 14.0 Å². The molecule has 0 aliphatic heterocycles. The van der Waals surface area contributed by atoms with Crippen molar-refractivity contribution in [3.8, 4) is 0 Å². The van der Waals surface area contributed by atoms with Crippen molar-refractivity contribution in [1.29, 1.82) is 0 Å². The average molecular weight is 141 g/mol. The van der Waals surface area contributed by atoms with Crippen LogP contribution >= 0.6 is 0 Å². The zero-order valence-electron chi connectivity index (χ0n) is 6.59. The Morgan fingerprint density at radius 1 is 1.90 bits per heavy atom. The molecule has 0 radical (unpaired) electrons. The van der Waals surface area contributed by atoms with Crippen LogP contribution in [-0.2, 0) is 0 Å². The molecule has 58 valence electrons. The standard InChI is InChI=1S/C7H15N3/c1-6(8)4-7(10-3)5-9-2/h5-6,9H,3-4,8H2,1-2H3/b7-5-. The van der Waals surface area contributed by atoms with Crippen LogP contribution in [0.5, 0.6) is 0 Å². The fourth-order valence-electron chi connectivity index (χ4n) is 0.666. The summed E-state index contributed by atoms with van der Waals surface area (Å²) in [7, 11) is 1.83. The van der Waals surface area contributed by atoms with Gasteiger partial charge in [-0.05, 0) is 13.6 Å². The molecule has 0 heterocycles. The van der Waals surface area contributed by atoms with Crippen LogP contribution in [-0.4, -0.2) is 19.8 Å². The van der Waals surface area contributed by atoms with Gasteiger partial charge in [0.2, 0.25) is 0 Å². The first-order valence-electron chi connectivity index (χ1n) is 3.29. The van der Waals surface area contributed by atoms with E-state index in [0.29, 0.717) is 0 Å². The Bertz CT molecular complexity index is 127. The SMILES string of the molecule is C=N/C(=C\NC)CC(C)N. The van der Waals surface area contributed by atoms with Gasteiger partial charge in [-0.3, -0.25) is 4.99 Å². The highest BCUT2D eigenvalue weighted by Crippen LogP contribution is 2.02. The largest absolute Gasteiger partial charge is 0.393 e. The molecule has 0 saturated carbocycles. The van der Waals surface area contributed by atoms with Crippen molar-refractivity contribution in [2.45, 2.75) is 19.4 Å². The van der Waals surface area contributed by atoms with Crippen molar-refractivity contribution in [1.82, 2.24) is 5.32 Å². The zero-order chi connectivity index (χ0) is 7.98. The summed E-state index contributed by atoms with van der Waals surface area (Å²) in [4.78, 5) is 3.79. The van der Waals surface area contributed by atoms with Gasteiger partial charge >= 0.3 is 0 Å². The van der Waals surface area contributed by atoms with E-state index >= 15 is 0 Å². The molecule has 0 aromatic heterocycles. The monoisotopic (exact) mass is 141 g/mol. The second-order valence-electron chi connectivity index (χ2n) is 2.26. The highest BCUT2D eigenvalue weighted by molar-refractivity contribution is 5.28. The van der Waals surface area contributed by atoms with Crippen LogP contribution in [0, 0.1) is 0 Å². The van der Waals surface area contributed by atoms with E-state index in [9.17, 15) is 0 Å². The Labute approximate surface area is 62.0 Å². The third kappa shape index (κ3) is 4.09. The molecule has 0 bridgehead atoms. The molecule has 1 atom stereocenters. The number of hydrogen-bond donors (Lipinski definition) is 2. The van der Waals surface area contributed by atoms with E-state index in [0.717, 1.165) is 12.1 Å². The second kappa shape index (κ2) is 4.99. The molecular formula is C7H15N3. The third-order valence-electron chi connectivity index (χ3n) is 1.05. The summed E-state index contributed by atoms with van der Waals surface area (Å²) in [5.41, 5.74) is 6.44. The van der Waals surface area contributed by atoms with E-state index in [-0.39, 0.29) is 6.04 Å². The van der Waals surface area contributed by atoms with Crippen molar-refractivity contribution in [2.24, 2.45) is 10.7 Å². The highest BCUT2D eigenvalue weighted by atomic mass is 14.8. The summed E-state index contributed by atoms with van der Waals surface area (Å²) in [6.45, 7) is 5.36. The fourth-order valence-corrected chi connectivity index (χ4v) is 0.666. The molecule has 3 N–H and O–H groups in total. The molecule has 0 spiro atoms. The van der Waals surface area contributed by atoms with Crippen LogP contribution < -0.4 is 11.1 Å². The predicted molar refractivity (Wildman–Crippen MR) is 45.0 cm³/mol. The van der Waals surface area contributed by atoms with Crippen LogP contribution in [0.25, 0.3) is 0 Å². The minimum absolute atomic E-state index is 0.144. The summed E-state index contributed by atoms with van der Waals surface area (Å²) in [6, 6.07) is 0.144. The summed E-state index contributed by atoms with van der Waals surface area (Å²) < 4.78 is 0. The molecule has 0 aromatic carbocycles. The predicted octanol–water partition coefficient (Wildman–Crippen LogP) is 0.485. The number of rotatable bonds is 4. The number of nitrogens with two attached hydrogens (primary N) is 1. The number of nitrogens with one attached hydrogen (secondary N) is 1. The Morgan fingerprint density at radius 3 is 2.80 bits per heavy atom. The molecule has 3 heteroatoms. The van der Waals surface area contributed by atoms with Gasteiger partial charge in [0, 0.05) is 25.7 Å². The first-order chi connectivity index (χ1) is 4.70. The third-order valence-corrected chi connectivity index (χ3v) is 1.05. The van der Waals surface area contributed by atoms with Crippen molar-refractivity contribution in [3.05, 3.63) is 11.9 Å². The van der Waals surface area contributed by atoms with E-state index in [2.05, 4.69) is 17.0 Å². The molecule has 0 fully saturated rings. The van der Waals surface area contributed by atoms with Crippen LogP contribution in [0.4, 0.5) is 0 Å². The minimum Gasteiger partial charge on any atom is -0.393 e. The highest BCUT2D eigenvalue weighted by Gasteiger charge is 1.96. The maximum Gasteiger partial charge on any atom is 0.0567 e. The lowest BCUT2D eigenvalue weighted by molar-refractivity contribution is 0.722. The summed E-state index contributed by atoms with van der Waals surface area (Å²) >= 11 is 0. The molecular weight excluding hydrogens is 126 g/mol. The van der Waals surface area contributed by atoms with E-state index < -0.39 is 0 Å². The van der Waals surface area contributed by atoms with Crippen molar-refractivity contribution in [3.63, 3.8) is 0 Å². The molecule has 0 aromatic rings. The summed E-state index contributed by atoms with van der Waals surface area (Å²) in [6.07, 6.45) is 2.57.